The van der Waals surface area contributed by atoms with Crippen molar-refractivity contribution in [1.29, 1.82) is 0 Å². The molecule has 74 valence electrons. The highest BCUT2D eigenvalue weighted by atomic mass is 35.5. The summed E-state index contributed by atoms with van der Waals surface area (Å²) in [7, 11) is 0. The Morgan fingerprint density at radius 3 is 2.79 bits per heavy atom. The van der Waals surface area contributed by atoms with Gasteiger partial charge < -0.3 is 4.57 Å². The molecule has 1 aromatic carbocycles. The summed E-state index contributed by atoms with van der Waals surface area (Å²) in [6, 6.07) is 8.27. The van der Waals surface area contributed by atoms with Crippen molar-refractivity contribution in [2.45, 2.75) is 26.8 Å². The number of benzene rings is 1. The van der Waals surface area contributed by atoms with Crippen LogP contribution in [0.4, 0.5) is 0 Å². The van der Waals surface area contributed by atoms with Crippen LogP contribution in [0, 0.1) is 6.92 Å². The number of aromatic nitrogens is 1. The molecule has 1 heterocycles. The van der Waals surface area contributed by atoms with E-state index in [9.17, 15) is 0 Å². The summed E-state index contributed by atoms with van der Waals surface area (Å²) >= 11 is 5.95. The zero-order valence-corrected chi connectivity index (χ0v) is 9.30. The second-order valence-corrected chi connectivity index (χ2v) is 4.08. The van der Waals surface area contributed by atoms with E-state index in [0.717, 1.165) is 18.0 Å². The molecule has 0 amide bonds. The maximum Gasteiger partial charge on any atom is 0.0483 e. The number of fused-ring (bicyclic) bond motifs is 1. The van der Waals surface area contributed by atoms with Crippen molar-refractivity contribution in [3.63, 3.8) is 0 Å². The van der Waals surface area contributed by atoms with Gasteiger partial charge in [0.2, 0.25) is 0 Å². The number of hydrogen-bond donors (Lipinski definition) is 0. The SMILES string of the molecule is CCCn1c(C)cc2cc(Cl)ccc21. The molecule has 0 aliphatic heterocycles. The molecule has 0 radical (unpaired) electrons. The molecular weight excluding hydrogens is 194 g/mol. The van der Waals surface area contributed by atoms with E-state index in [0.29, 0.717) is 0 Å². The normalized spacial score (nSPS) is 11.1. The van der Waals surface area contributed by atoms with E-state index in [1.165, 1.54) is 16.6 Å². The maximum absolute atomic E-state index is 5.95. The molecule has 2 aromatic rings. The Bertz CT molecular complexity index is 457. The third kappa shape index (κ3) is 1.53. The first-order valence-electron chi connectivity index (χ1n) is 4.97. The van der Waals surface area contributed by atoms with Gasteiger partial charge in [-0.25, -0.2) is 0 Å². The Kier molecular flexibility index (Phi) is 2.51. The number of rotatable bonds is 2. The lowest BCUT2D eigenvalue weighted by Gasteiger charge is -2.05. The van der Waals surface area contributed by atoms with Crippen LogP contribution in [0.3, 0.4) is 0 Å². The smallest absolute Gasteiger partial charge is 0.0483 e. The minimum atomic E-state index is 0.811. The predicted molar refractivity (Wildman–Crippen MR) is 62.0 cm³/mol. The summed E-state index contributed by atoms with van der Waals surface area (Å²) < 4.78 is 2.34. The largest absolute Gasteiger partial charge is 0.345 e. The average molecular weight is 208 g/mol. The molecule has 0 N–H and O–H groups in total. The van der Waals surface area contributed by atoms with Crippen molar-refractivity contribution >= 4 is 22.5 Å². The molecule has 0 aliphatic carbocycles. The molecule has 1 aromatic heterocycles. The quantitative estimate of drug-likeness (QED) is 0.701. The van der Waals surface area contributed by atoms with E-state index in [1.54, 1.807) is 0 Å². The van der Waals surface area contributed by atoms with Crippen molar-refractivity contribution in [2.24, 2.45) is 0 Å². The molecule has 2 rings (SSSR count). The predicted octanol–water partition coefficient (Wildman–Crippen LogP) is 4.01. The molecule has 0 atom stereocenters. The standard InChI is InChI=1S/C12H14ClN/c1-3-6-14-9(2)7-10-8-11(13)4-5-12(10)14/h4-5,7-8H,3,6H2,1-2H3. The third-order valence-corrected chi connectivity index (χ3v) is 2.75. The summed E-state index contributed by atoms with van der Waals surface area (Å²) in [5, 5.41) is 2.05. The minimum absolute atomic E-state index is 0.811. The lowest BCUT2D eigenvalue weighted by atomic mass is 10.2. The van der Waals surface area contributed by atoms with Gasteiger partial charge in [0.15, 0.2) is 0 Å². The summed E-state index contributed by atoms with van der Waals surface area (Å²) in [5.41, 5.74) is 2.60. The highest BCUT2D eigenvalue weighted by Gasteiger charge is 2.04. The first-order chi connectivity index (χ1) is 6.72. The lowest BCUT2D eigenvalue weighted by Crippen LogP contribution is -1.97. The van der Waals surface area contributed by atoms with Crippen molar-refractivity contribution in [1.82, 2.24) is 4.57 Å². The summed E-state index contributed by atoms with van der Waals surface area (Å²) in [6.45, 7) is 5.42. The van der Waals surface area contributed by atoms with Crippen LogP contribution in [0.25, 0.3) is 10.9 Å². The van der Waals surface area contributed by atoms with Gasteiger partial charge in [-0.1, -0.05) is 18.5 Å². The summed E-state index contributed by atoms with van der Waals surface area (Å²) in [6.07, 6.45) is 1.16. The second kappa shape index (κ2) is 3.66. The van der Waals surface area contributed by atoms with Crippen molar-refractivity contribution in [3.05, 3.63) is 35.0 Å². The molecule has 0 unspecified atom stereocenters. The molecule has 14 heavy (non-hydrogen) atoms. The molecule has 0 aliphatic rings. The van der Waals surface area contributed by atoms with Gasteiger partial charge in [-0.05, 0) is 37.6 Å². The molecule has 0 bridgehead atoms. The van der Waals surface area contributed by atoms with Crippen LogP contribution >= 0.6 is 11.6 Å². The van der Waals surface area contributed by atoms with Gasteiger partial charge in [0.25, 0.3) is 0 Å². The fourth-order valence-corrected chi connectivity index (χ4v) is 2.08. The van der Waals surface area contributed by atoms with Gasteiger partial charge in [0, 0.05) is 28.2 Å². The Morgan fingerprint density at radius 2 is 2.07 bits per heavy atom. The highest BCUT2D eigenvalue weighted by Crippen LogP contribution is 2.23. The number of nitrogens with zero attached hydrogens (tertiary/aromatic N) is 1. The number of aryl methyl sites for hydroxylation is 2. The first-order valence-corrected chi connectivity index (χ1v) is 5.35. The summed E-state index contributed by atoms with van der Waals surface area (Å²) in [4.78, 5) is 0. The van der Waals surface area contributed by atoms with Crippen LogP contribution in [-0.4, -0.2) is 4.57 Å². The topological polar surface area (TPSA) is 4.93 Å². The highest BCUT2D eigenvalue weighted by molar-refractivity contribution is 6.31. The van der Waals surface area contributed by atoms with Crippen LogP contribution < -0.4 is 0 Å². The van der Waals surface area contributed by atoms with Gasteiger partial charge in [-0.2, -0.15) is 0 Å². The molecule has 1 nitrogen and oxygen atoms in total. The van der Waals surface area contributed by atoms with E-state index in [2.05, 4.69) is 30.5 Å². The molecule has 0 saturated carbocycles. The number of hydrogen-bond acceptors (Lipinski definition) is 0. The van der Waals surface area contributed by atoms with Crippen molar-refractivity contribution < 1.29 is 0 Å². The van der Waals surface area contributed by atoms with Gasteiger partial charge in [0.1, 0.15) is 0 Å². The summed E-state index contributed by atoms with van der Waals surface area (Å²) in [5.74, 6) is 0. The molecule has 2 heteroatoms. The van der Waals surface area contributed by atoms with Crippen molar-refractivity contribution in [2.75, 3.05) is 0 Å². The van der Waals surface area contributed by atoms with E-state index >= 15 is 0 Å². The van der Waals surface area contributed by atoms with Gasteiger partial charge in [-0.15, -0.1) is 0 Å². The Morgan fingerprint density at radius 1 is 1.29 bits per heavy atom. The van der Waals surface area contributed by atoms with Crippen LogP contribution in [0.1, 0.15) is 19.0 Å². The second-order valence-electron chi connectivity index (χ2n) is 3.64. The van der Waals surface area contributed by atoms with E-state index in [1.807, 2.05) is 12.1 Å². The average Bonchev–Trinajstić information content (AvgIpc) is 2.43. The van der Waals surface area contributed by atoms with Crippen LogP contribution in [0.5, 0.6) is 0 Å². The Labute approximate surface area is 89.3 Å². The van der Waals surface area contributed by atoms with E-state index in [4.69, 9.17) is 11.6 Å². The molecule has 0 fully saturated rings. The Hall–Kier alpha value is -0.950. The monoisotopic (exact) mass is 207 g/mol. The third-order valence-electron chi connectivity index (χ3n) is 2.52. The lowest BCUT2D eigenvalue weighted by molar-refractivity contribution is 0.686. The van der Waals surface area contributed by atoms with E-state index in [-0.39, 0.29) is 0 Å². The molecule has 0 saturated heterocycles. The number of halogens is 1. The zero-order valence-electron chi connectivity index (χ0n) is 8.55. The zero-order chi connectivity index (χ0) is 10.1. The van der Waals surface area contributed by atoms with E-state index < -0.39 is 0 Å². The van der Waals surface area contributed by atoms with Crippen molar-refractivity contribution in [3.8, 4) is 0 Å². The van der Waals surface area contributed by atoms with Crippen LogP contribution in [0.2, 0.25) is 5.02 Å². The molecular formula is C12H14ClN. The van der Waals surface area contributed by atoms with Crippen LogP contribution in [-0.2, 0) is 6.54 Å². The van der Waals surface area contributed by atoms with Gasteiger partial charge in [-0.3, -0.25) is 0 Å². The minimum Gasteiger partial charge on any atom is -0.345 e. The van der Waals surface area contributed by atoms with Crippen LogP contribution in [0.15, 0.2) is 24.3 Å². The Balaban J connectivity index is 2.64. The molecule has 0 spiro atoms. The van der Waals surface area contributed by atoms with Gasteiger partial charge >= 0.3 is 0 Å². The maximum atomic E-state index is 5.95. The fourth-order valence-electron chi connectivity index (χ4n) is 1.90. The fraction of sp³-hybridized carbons (Fsp3) is 0.333. The van der Waals surface area contributed by atoms with Gasteiger partial charge in [0.05, 0.1) is 0 Å². The first kappa shape index (κ1) is 9.60.